The molecular weight excluding hydrogens is 245 g/mol. The third-order valence-corrected chi connectivity index (χ3v) is 2.75. The summed E-state index contributed by atoms with van der Waals surface area (Å²) in [6, 6.07) is 12.6. The van der Waals surface area contributed by atoms with Crippen LogP contribution in [0.25, 0.3) is 0 Å². The molecule has 4 heteroatoms. The van der Waals surface area contributed by atoms with Crippen LogP contribution in [0, 0.1) is 5.82 Å². The Morgan fingerprint density at radius 1 is 1.21 bits per heavy atom. The first-order valence-electron chi connectivity index (χ1n) is 5.92. The third-order valence-electron chi connectivity index (χ3n) is 2.75. The number of benzene rings is 2. The predicted octanol–water partition coefficient (Wildman–Crippen LogP) is 3.13. The van der Waals surface area contributed by atoms with Crippen molar-refractivity contribution in [3.05, 3.63) is 65.5 Å². The highest BCUT2D eigenvalue weighted by atomic mass is 19.1. The molecule has 19 heavy (non-hydrogen) atoms. The quantitative estimate of drug-likeness (QED) is 0.889. The SMILES string of the molecule is C[C@@H](O)c1cccc(NC(=O)c2ccccc2F)c1. The number of hydrogen-bond acceptors (Lipinski definition) is 2. The lowest BCUT2D eigenvalue weighted by Gasteiger charge is -2.09. The molecule has 0 bridgehead atoms. The number of carbonyl (C=O) groups excluding carboxylic acids is 1. The van der Waals surface area contributed by atoms with Crippen molar-refractivity contribution in [3.63, 3.8) is 0 Å². The molecule has 0 unspecified atom stereocenters. The Hall–Kier alpha value is -2.20. The first-order chi connectivity index (χ1) is 9.08. The Bertz CT molecular complexity index is 596. The maximum absolute atomic E-state index is 13.4. The topological polar surface area (TPSA) is 49.3 Å². The van der Waals surface area contributed by atoms with E-state index < -0.39 is 17.8 Å². The number of halogens is 1. The second-order valence-corrected chi connectivity index (χ2v) is 4.24. The Morgan fingerprint density at radius 2 is 1.95 bits per heavy atom. The summed E-state index contributed by atoms with van der Waals surface area (Å²) < 4.78 is 13.4. The van der Waals surface area contributed by atoms with Crippen molar-refractivity contribution in [1.82, 2.24) is 0 Å². The summed E-state index contributed by atoms with van der Waals surface area (Å²) in [5.41, 5.74) is 1.20. The van der Waals surface area contributed by atoms with Gasteiger partial charge in [-0.3, -0.25) is 4.79 Å². The Balaban J connectivity index is 2.20. The zero-order valence-electron chi connectivity index (χ0n) is 10.4. The minimum absolute atomic E-state index is 0.00931. The molecule has 0 saturated heterocycles. The highest BCUT2D eigenvalue weighted by Crippen LogP contribution is 2.18. The number of aliphatic hydroxyl groups excluding tert-OH is 1. The Morgan fingerprint density at radius 3 is 2.63 bits per heavy atom. The van der Waals surface area contributed by atoms with E-state index in [1.54, 1.807) is 37.3 Å². The molecule has 0 aliphatic heterocycles. The van der Waals surface area contributed by atoms with E-state index in [0.29, 0.717) is 11.3 Å². The zero-order valence-corrected chi connectivity index (χ0v) is 10.4. The van der Waals surface area contributed by atoms with Crippen LogP contribution in [0.15, 0.2) is 48.5 Å². The van der Waals surface area contributed by atoms with Crippen LogP contribution in [0.4, 0.5) is 10.1 Å². The second-order valence-electron chi connectivity index (χ2n) is 4.24. The third kappa shape index (κ3) is 3.17. The monoisotopic (exact) mass is 259 g/mol. The second kappa shape index (κ2) is 5.63. The van der Waals surface area contributed by atoms with Crippen molar-refractivity contribution in [2.45, 2.75) is 13.0 Å². The lowest BCUT2D eigenvalue weighted by Crippen LogP contribution is -2.13. The number of aliphatic hydroxyl groups is 1. The molecule has 0 heterocycles. The van der Waals surface area contributed by atoms with E-state index in [9.17, 15) is 14.3 Å². The standard InChI is InChI=1S/C15H14FNO2/c1-10(18)11-5-4-6-12(9-11)17-15(19)13-7-2-3-8-14(13)16/h2-10,18H,1H3,(H,17,19)/t10-/m1/s1. The molecular formula is C15H14FNO2. The normalized spacial score (nSPS) is 11.9. The molecule has 2 aromatic carbocycles. The van der Waals surface area contributed by atoms with Crippen LogP contribution in [-0.4, -0.2) is 11.0 Å². The molecule has 0 aliphatic carbocycles. The van der Waals surface area contributed by atoms with E-state index in [2.05, 4.69) is 5.32 Å². The van der Waals surface area contributed by atoms with Gasteiger partial charge in [-0.15, -0.1) is 0 Å². The molecule has 1 amide bonds. The first-order valence-corrected chi connectivity index (χ1v) is 5.92. The molecule has 0 fully saturated rings. The number of hydrogen-bond donors (Lipinski definition) is 2. The molecule has 0 saturated carbocycles. The van der Waals surface area contributed by atoms with E-state index in [4.69, 9.17) is 0 Å². The van der Waals surface area contributed by atoms with Gasteiger partial charge in [0.05, 0.1) is 11.7 Å². The van der Waals surface area contributed by atoms with Crippen molar-refractivity contribution in [2.24, 2.45) is 0 Å². The molecule has 0 spiro atoms. The van der Waals surface area contributed by atoms with Crippen LogP contribution < -0.4 is 5.32 Å². The maximum atomic E-state index is 13.4. The molecule has 2 rings (SSSR count). The molecule has 2 aromatic rings. The number of nitrogens with one attached hydrogen (secondary N) is 1. The highest BCUT2D eigenvalue weighted by Gasteiger charge is 2.11. The summed E-state index contributed by atoms with van der Waals surface area (Å²) in [4.78, 5) is 11.9. The van der Waals surface area contributed by atoms with Gasteiger partial charge in [0.15, 0.2) is 0 Å². The van der Waals surface area contributed by atoms with Crippen molar-refractivity contribution in [1.29, 1.82) is 0 Å². The van der Waals surface area contributed by atoms with Crippen LogP contribution >= 0.6 is 0 Å². The molecule has 2 N–H and O–H groups in total. The van der Waals surface area contributed by atoms with Crippen LogP contribution in [-0.2, 0) is 0 Å². The lowest BCUT2D eigenvalue weighted by molar-refractivity contribution is 0.102. The minimum atomic E-state index is -0.620. The average Bonchev–Trinajstić information content (AvgIpc) is 2.39. The van der Waals surface area contributed by atoms with Crippen molar-refractivity contribution in [2.75, 3.05) is 5.32 Å². The van der Waals surface area contributed by atoms with Gasteiger partial charge in [-0.25, -0.2) is 4.39 Å². The van der Waals surface area contributed by atoms with Crippen LogP contribution in [0.2, 0.25) is 0 Å². The summed E-state index contributed by atoms with van der Waals surface area (Å²) in [5.74, 6) is -1.08. The van der Waals surface area contributed by atoms with E-state index in [0.717, 1.165) is 0 Å². The number of anilines is 1. The predicted molar refractivity (Wildman–Crippen MR) is 71.4 cm³/mol. The van der Waals surface area contributed by atoms with Gasteiger partial charge >= 0.3 is 0 Å². The smallest absolute Gasteiger partial charge is 0.258 e. The van der Waals surface area contributed by atoms with Crippen molar-refractivity contribution >= 4 is 11.6 Å². The number of amides is 1. The van der Waals surface area contributed by atoms with E-state index in [1.165, 1.54) is 18.2 Å². The van der Waals surface area contributed by atoms with Crippen LogP contribution in [0.1, 0.15) is 28.9 Å². The van der Waals surface area contributed by atoms with Crippen LogP contribution in [0.5, 0.6) is 0 Å². The summed E-state index contributed by atoms with van der Waals surface area (Å²) in [7, 11) is 0. The fraction of sp³-hybridized carbons (Fsp3) is 0.133. The number of carbonyl (C=O) groups is 1. The van der Waals surface area contributed by atoms with Gasteiger partial charge < -0.3 is 10.4 Å². The van der Waals surface area contributed by atoms with E-state index in [1.807, 2.05) is 0 Å². The van der Waals surface area contributed by atoms with Gasteiger partial charge in [0.2, 0.25) is 0 Å². The average molecular weight is 259 g/mol. The molecule has 98 valence electrons. The Labute approximate surface area is 110 Å². The summed E-state index contributed by atoms with van der Waals surface area (Å²) >= 11 is 0. The zero-order chi connectivity index (χ0) is 13.8. The molecule has 0 radical (unpaired) electrons. The minimum Gasteiger partial charge on any atom is -0.389 e. The molecule has 3 nitrogen and oxygen atoms in total. The van der Waals surface area contributed by atoms with Crippen molar-refractivity contribution in [3.8, 4) is 0 Å². The van der Waals surface area contributed by atoms with E-state index >= 15 is 0 Å². The molecule has 1 atom stereocenters. The van der Waals surface area contributed by atoms with E-state index in [-0.39, 0.29) is 5.56 Å². The lowest BCUT2D eigenvalue weighted by atomic mass is 10.1. The fourth-order valence-corrected chi connectivity index (χ4v) is 1.72. The number of rotatable bonds is 3. The van der Waals surface area contributed by atoms with Gasteiger partial charge in [-0.1, -0.05) is 24.3 Å². The summed E-state index contributed by atoms with van der Waals surface area (Å²) in [6.07, 6.45) is -0.620. The van der Waals surface area contributed by atoms with Gasteiger partial charge in [-0.2, -0.15) is 0 Å². The molecule has 0 aromatic heterocycles. The molecule has 0 aliphatic rings. The summed E-state index contributed by atoms with van der Waals surface area (Å²) in [6.45, 7) is 1.64. The Kier molecular flexibility index (Phi) is 3.92. The first kappa shape index (κ1) is 13.2. The summed E-state index contributed by atoms with van der Waals surface area (Å²) in [5, 5.41) is 12.1. The largest absolute Gasteiger partial charge is 0.389 e. The highest BCUT2D eigenvalue weighted by molar-refractivity contribution is 6.04. The van der Waals surface area contributed by atoms with Gasteiger partial charge in [0.1, 0.15) is 5.82 Å². The fourth-order valence-electron chi connectivity index (χ4n) is 1.72. The maximum Gasteiger partial charge on any atom is 0.258 e. The van der Waals surface area contributed by atoms with Crippen LogP contribution in [0.3, 0.4) is 0 Å². The van der Waals surface area contributed by atoms with Gasteiger partial charge in [0.25, 0.3) is 5.91 Å². The van der Waals surface area contributed by atoms with Crippen molar-refractivity contribution < 1.29 is 14.3 Å². The van der Waals surface area contributed by atoms with Gasteiger partial charge in [0, 0.05) is 5.69 Å². The van der Waals surface area contributed by atoms with Gasteiger partial charge in [-0.05, 0) is 36.8 Å².